The highest BCUT2D eigenvalue weighted by Gasteiger charge is 2.23. The van der Waals surface area contributed by atoms with Gasteiger partial charge in [0.05, 0.1) is 0 Å². The van der Waals surface area contributed by atoms with Gasteiger partial charge in [-0.25, -0.2) is 0 Å². The highest BCUT2D eigenvalue weighted by Crippen LogP contribution is 2.28. The molecule has 0 aromatic carbocycles. The van der Waals surface area contributed by atoms with E-state index in [-0.39, 0.29) is 0 Å². The highest BCUT2D eigenvalue weighted by atomic mass is 14.9. The van der Waals surface area contributed by atoms with E-state index in [2.05, 4.69) is 12.2 Å². The van der Waals surface area contributed by atoms with E-state index in [9.17, 15) is 0 Å². The first kappa shape index (κ1) is 16.3. The predicted molar refractivity (Wildman–Crippen MR) is 89.1 cm³/mol. The summed E-state index contributed by atoms with van der Waals surface area (Å²) >= 11 is 0. The average molecular weight is 280 g/mol. The molecule has 2 aliphatic carbocycles. The topological polar surface area (TPSA) is 12.0 Å². The molecular formula is C19H37N. The van der Waals surface area contributed by atoms with E-state index < -0.39 is 0 Å². The molecule has 1 atom stereocenters. The molecule has 1 N–H and O–H groups in total. The molecule has 2 fully saturated rings. The third-order valence-corrected chi connectivity index (χ3v) is 5.71. The summed E-state index contributed by atoms with van der Waals surface area (Å²) in [6.07, 6.45) is 22.0. The Morgan fingerprint density at radius 2 is 1.00 bits per heavy atom. The second kappa shape index (κ2) is 9.82. The molecule has 1 nitrogen and oxygen atoms in total. The van der Waals surface area contributed by atoms with E-state index in [0.29, 0.717) is 0 Å². The van der Waals surface area contributed by atoms with Crippen molar-refractivity contribution in [3.8, 4) is 0 Å². The fourth-order valence-corrected chi connectivity index (χ4v) is 4.30. The summed E-state index contributed by atoms with van der Waals surface area (Å²) in [4.78, 5) is 0. The summed E-state index contributed by atoms with van der Waals surface area (Å²) < 4.78 is 0. The van der Waals surface area contributed by atoms with Crippen LogP contribution >= 0.6 is 0 Å². The molecule has 0 radical (unpaired) electrons. The molecule has 2 saturated carbocycles. The molecule has 2 aliphatic rings. The van der Waals surface area contributed by atoms with Crippen LogP contribution in [0.25, 0.3) is 0 Å². The monoisotopic (exact) mass is 279 g/mol. The van der Waals surface area contributed by atoms with Crippen LogP contribution in [-0.2, 0) is 0 Å². The molecule has 0 amide bonds. The standard InChI is InChI=1S/C19H37N/c1-17(18-13-11-12-14-18)20-19-15-9-7-5-3-2-4-6-8-10-16-19/h17-20H,2-16H2,1H3/t17-/m1/s1. The second-order valence-electron chi connectivity index (χ2n) is 7.46. The minimum absolute atomic E-state index is 0.760. The van der Waals surface area contributed by atoms with E-state index in [1.807, 2.05) is 0 Å². The molecule has 1 heteroatoms. The molecule has 118 valence electrons. The van der Waals surface area contributed by atoms with Crippen LogP contribution in [0.3, 0.4) is 0 Å². The minimum atomic E-state index is 0.760. The lowest BCUT2D eigenvalue weighted by atomic mass is 9.94. The van der Waals surface area contributed by atoms with E-state index in [4.69, 9.17) is 0 Å². The summed E-state index contributed by atoms with van der Waals surface area (Å²) in [5.41, 5.74) is 0. The molecule has 0 saturated heterocycles. The molecule has 20 heavy (non-hydrogen) atoms. The van der Waals surface area contributed by atoms with Gasteiger partial charge in [-0.05, 0) is 38.5 Å². The van der Waals surface area contributed by atoms with Gasteiger partial charge in [0.2, 0.25) is 0 Å². The number of hydrogen-bond acceptors (Lipinski definition) is 1. The van der Waals surface area contributed by atoms with Crippen molar-refractivity contribution in [3.05, 3.63) is 0 Å². The molecule has 2 rings (SSSR count). The average Bonchev–Trinajstić information content (AvgIpc) is 2.96. The van der Waals surface area contributed by atoms with Gasteiger partial charge < -0.3 is 5.32 Å². The quantitative estimate of drug-likeness (QED) is 0.685. The van der Waals surface area contributed by atoms with Gasteiger partial charge in [-0.1, -0.05) is 70.6 Å². The first-order chi connectivity index (χ1) is 9.86. The van der Waals surface area contributed by atoms with Crippen LogP contribution in [0.2, 0.25) is 0 Å². The molecule has 0 spiro atoms. The smallest absolute Gasteiger partial charge is 0.00696 e. The van der Waals surface area contributed by atoms with Crippen LogP contribution < -0.4 is 5.32 Å². The zero-order valence-electron chi connectivity index (χ0n) is 13.8. The lowest BCUT2D eigenvalue weighted by Gasteiger charge is -2.27. The summed E-state index contributed by atoms with van der Waals surface area (Å²) in [5.74, 6) is 0.969. The molecule has 0 aromatic rings. The second-order valence-corrected chi connectivity index (χ2v) is 7.46. The maximum Gasteiger partial charge on any atom is 0.00696 e. The van der Waals surface area contributed by atoms with Gasteiger partial charge in [0.1, 0.15) is 0 Å². The summed E-state index contributed by atoms with van der Waals surface area (Å²) in [5, 5.41) is 4.01. The van der Waals surface area contributed by atoms with Crippen LogP contribution in [0.1, 0.15) is 103 Å². The van der Waals surface area contributed by atoms with Gasteiger partial charge in [0.25, 0.3) is 0 Å². The van der Waals surface area contributed by atoms with Gasteiger partial charge in [-0.15, -0.1) is 0 Å². The fraction of sp³-hybridized carbons (Fsp3) is 1.00. The SMILES string of the molecule is C[C@@H](NC1CCCCCCCCCCC1)C1CCCC1. The third-order valence-electron chi connectivity index (χ3n) is 5.71. The van der Waals surface area contributed by atoms with Crippen molar-refractivity contribution >= 4 is 0 Å². The molecule has 0 aliphatic heterocycles. The van der Waals surface area contributed by atoms with Crippen molar-refractivity contribution in [1.82, 2.24) is 5.32 Å². The Kier molecular flexibility index (Phi) is 8.02. The molecule has 0 unspecified atom stereocenters. The summed E-state index contributed by atoms with van der Waals surface area (Å²) in [6, 6.07) is 1.57. The zero-order valence-corrected chi connectivity index (χ0v) is 13.8. The maximum absolute atomic E-state index is 4.01. The first-order valence-corrected chi connectivity index (χ1v) is 9.62. The van der Waals surface area contributed by atoms with E-state index in [1.54, 1.807) is 0 Å². The summed E-state index contributed by atoms with van der Waals surface area (Å²) in [6.45, 7) is 2.45. The van der Waals surface area contributed by atoms with Crippen molar-refractivity contribution in [2.75, 3.05) is 0 Å². The Labute approximate surface area is 127 Å². The molecule has 0 heterocycles. The Morgan fingerprint density at radius 3 is 1.50 bits per heavy atom. The van der Waals surface area contributed by atoms with Gasteiger partial charge >= 0.3 is 0 Å². The minimum Gasteiger partial charge on any atom is -0.311 e. The number of rotatable bonds is 3. The molecule has 0 bridgehead atoms. The van der Waals surface area contributed by atoms with Crippen molar-refractivity contribution in [2.24, 2.45) is 5.92 Å². The van der Waals surface area contributed by atoms with Crippen LogP contribution in [0.5, 0.6) is 0 Å². The number of hydrogen-bond donors (Lipinski definition) is 1. The van der Waals surface area contributed by atoms with Gasteiger partial charge in [-0.3, -0.25) is 0 Å². The van der Waals surface area contributed by atoms with Gasteiger partial charge in [0, 0.05) is 12.1 Å². The van der Waals surface area contributed by atoms with Crippen molar-refractivity contribution in [1.29, 1.82) is 0 Å². The fourth-order valence-electron chi connectivity index (χ4n) is 4.30. The Hall–Kier alpha value is -0.0400. The predicted octanol–water partition coefficient (Wildman–Crippen LogP) is 5.83. The van der Waals surface area contributed by atoms with E-state index in [1.165, 1.54) is 96.3 Å². The molecular weight excluding hydrogens is 242 g/mol. The maximum atomic E-state index is 4.01. The summed E-state index contributed by atoms with van der Waals surface area (Å²) in [7, 11) is 0. The zero-order chi connectivity index (χ0) is 14.0. The Morgan fingerprint density at radius 1 is 0.600 bits per heavy atom. The first-order valence-electron chi connectivity index (χ1n) is 9.62. The van der Waals surface area contributed by atoms with E-state index >= 15 is 0 Å². The normalized spacial score (nSPS) is 26.9. The molecule has 0 aromatic heterocycles. The highest BCUT2D eigenvalue weighted by molar-refractivity contribution is 4.81. The number of nitrogens with one attached hydrogen (secondary N) is 1. The van der Waals surface area contributed by atoms with Crippen LogP contribution in [0.15, 0.2) is 0 Å². The van der Waals surface area contributed by atoms with Crippen molar-refractivity contribution < 1.29 is 0 Å². The van der Waals surface area contributed by atoms with Crippen LogP contribution in [-0.4, -0.2) is 12.1 Å². The van der Waals surface area contributed by atoms with E-state index in [0.717, 1.165) is 18.0 Å². The van der Waals surface area contributed by atoms with Gasteiger partial charge in [0.15, 0.2) is 0 Å². The van der Waals surface area contributed by atoms with Crippen molar-refractivity contribution in [2.45, 2.75) is 115 Å². The lowest BCUT2D eigenvalue weighted by Crippen LogP contribution is -2.40. The van der Waals surface area contributed by atoms with Crippen LogP contribution in [0, 0.1) is 5.92 Å². The van der Waals surface area contributed by atoms with Crippen molar-refractivity contribution in [3.63, 3.8) is 0 Å². The lowest BCUT2D eigenvalue weighted by molar-refractivity contribution is 0.309. The Balaban J connectivity index is 1.73. The van der Waals surface area contributed by atoms with Crippen LogP contribution in [0.4, 0.5) is 0 Å². The van der Waals surface area contributed by atoms with Gasteiger partial charge in [-0.2, -0.15) is 0 Å². The largest absolute Gasteiger partial charge is 0.311 e. The third kappa shape index (κ3) is 6.16. The Bertz CT molecular complexity index is 220.